The van der Waals surface area contributed by atoms with E-state index in [0.29, 0.717) is 12.1 Å². The van der Waals surface area contributed by atoms with Crippen LogP contribution in [0.15, 0.2) is 78.9 Å². The summed E-state index contributed by atoms with van der Waals surface area (Å²) in [4.78, 5) is 27.1. The van der Waals surface area contributed by atoms with Crippen LogP contribution in [-0.4, -0.2) is 29.8 Å². The van der Waals surface area contributed by atoms with Crippen molar-refractivity contribution in [3.05, 3.63) is 90.0 Å². The highest BCUT2D eigenvalue weighted by Crippen LogP contribution is 2.20. The smallest absolute Gasteiger partial charge is 0.254 e. The van der Waals surface area contributed by atoms with Gasteiger partial charge in [-0.15, -0.1) is 0 Å². The van der Waals surface area contributed by atoms with Crippen LogP contribution in [0.1, 0.15) is 29.3 Å². The number of rotatable bonds is 7. The first-order valence-electron chi connectivity index (χ1n) is 9.88. The zero-order valence-electron chi connectivity index (χ0n) is 16.9. The molecule has 4 heteroatoms. The lowest BCUT2D eigenvalue weighted by Gasteiger charge is -2.22. The molecule has 0 fully saturated rings. The fraction of sp³-hybridized carbons (Fsp3) is 0.200. The Balaban J connectivity index is 1.70. The van der Waals surface area contributed by atoms with Crippen LogP contribution in [0.3, 0.4) is 0 Å². The summed E-state index contributed by atoms with van der Waals surface area (Å²) in [6, 6.07) is 25.2. The van der Waals surface area contributed by atoms with Crippen molar-refractivity contribution in [2.45, 2.75) is 20.3 Å². The summed E-state index contributed by atoms with van der Waals surface area (Å²) in [5.41, 5.74) is 4.51. The number of amides is 2. The topological polar surface area (TPSA) is 49.4 Å². The van der Waals surface area contributed by atoms with Crippen molar-refractivity contribution >= 4 is 17.5 Å². The average molecular weight is 386 g/mol. The number of para-hydroxylation sites is 1. The van der Waals surface area contributed by atoms with E-state index in [9.17, 15) is 9.59 Å². The van der Waals surface area contributed by atoms with Crippen molar-refractivity contribution in [2.24, 2.45) is 0 Å². The summed E-state index contributed by atoms with van der Waals surface area (Å²) in [6.07, 6.45) is 0.783. The van der Waals surface area contributed by atoms with E-state index in [1.165, 1.54) is 0 Å². The highest BCUT2D eigenvalue weighted by molar-refractivity contribution is 5.99. The van der Waals surface area contributed by atoms with Gasteiger partial charge >= 0.3 is 0 Å². The Bertz CT molecular complexity index is 966. The van der Waals surface area contributed by atoms with Crippen molar-refractivity contribution in [3.8, 4) is 11.1 Å². The van der Waals surface area contributed by atoms with Gasteiger partial charge in [-0.25, -0.2) is 0 Å². The van der Waals surface area contributed by atoms with Crippen LogP contribution in [0.2, 0.25) is 0 Å². The van der Waals surface area contributed by atoms with Crippen LogP contribution >= 0.6 is 0 Å². The van der Waals surface area contributed by atoms with Gasteiger partial charge in [0, 0.05) is 17.8 Å². The molecule has 0 heterocycles. The number of nitrogens with one attached hydrogen (secondary N) is 1. The quantitative estimate of drug-likeness (QED) is 0.610. The minimum absolute atomic E-state index is 0.0292. The Kier molecular flexibility index (Phi) is 6.80. The van der Waals surface area contributed by atoms with E-state index in [1.54, 1.807) is 4.90 Å². The van der Waals surface area contributed by atoms with Crippen molar-refractivity contribution in [2.75, 3.05) is 18.4 Å². The summed E-state index contributed by atoms with van der Waals surface area (Å²) in [7, 11) is 0. The molecule has 0 spiro atoms. The van der Waals surface area contributed by atoms with Crippen molar-refractivity contribution in [1.82, 2.24) is 4.90 Å². The molecule has 3 aromatic carbocycles. The van der Waals surface area contributed by atoms with Gasteiger partial charge in [-0.2, -0.15) is 0 Å². The molecule has 0 aliphatic rings. The number of aryl methyl sites for hydroxylation is 1. The Morgan fingerprint density at radius 3 is 2.10 bits per heavy atom. The third-order valence-electron chi connectivity index (χ3n) is 4.77. The standard InChI is InChI=1S/C25H26N2O2/c1-3-17-27(18-24(28)26-23-12-8-7-9-19(23)2)25(29)22-15-13-21(14-16-22)20-10-5-4-6-11-20/h4-16H,3,17-18H2,1-2H3,(H,26,28). The number of nitrogens with zero attached hydrogens (tertiary/aromatic N) is 1. The second kappa shape index (κ2) is 9.69. The average Bonchev–Trinajstić information content (AvgIpc) is 2.75. The third-order valence-corrected chi connectivity index (χ3v) is 4.77. The second-order valence-corrected chi connectivity index (χ2v) is 7.03. The first-order valence-corrected chi connectivity index (χ1v) is 9.88. The maximum absolute atomic E-state index is 13.0. The molecule has 0 saturated carbocycles. The van der Waals surface area contributed by atoms with Gasteiger partial charge in [-0.1, -0.05) is 67.6 Å². The molecule has 0 saturated heterocycles. The zero-order chi connectivity index (χ0) is 20.6. The molecular weight excluding hydrogens is 360 g/mol. The number of hydrogen-bond donors (Lipinski definition) is 1. The molecule has 2 amide bonds. The van der Waals surface area contributed by atoms with Gasteiger partial charge in [0.2, 0.25) is 5.91 Å². The van der Waals surface area contributed by atoms with Crippen molar-refractivity contribution < 1.29 is 9.59 Å². The molecule has 29 heavy (non-hydrogen) atoms. The number of anilines is 1. The Labute approximate surface area is 172 Å². The summed E-state index contributed by atoms with van der Waals surface area (Å²) in [6.45, 7) is 4.50. The first-order chi connectivity index (χ1) is 14.1. The third kappa shape index (κ3) is 5.32. The van der Waals surface area contributed by atoms with E-state index in [0.717, 1.165) is 28.8 Å². The van der Waals surface area contributed by atoms with Crippen LogP contribution in [0.4, 0.5) is 5.69 Å². The van der Waals surface area contributed by atoms with Gasteiger partial charge in [0.05, 0.1) is 0 Å². The molecule has 0 radical (unpaired) electrons. The highest BCUT2D eigenvalue weighted by Gasteiger charge is 2.18. The molecule has 3 aromatic rings. The molecule has 0 aliphatic carbocycles. The van der Waals surface area contributed by atoms with Gasteiger partial charge < -0.3 is 10.2 Å². The maximum atomic E-state index is 13.0. The van der Waals surface area contributed by atoms with Crippen LogP contribution in [0.5, 0.6) is 0 Å². The number of benzene rings is 3. The second-order valence-electron chi connectivity index (χ2n) is 7.03. The Hall–Kier alpha value is -3.40. The van der Waals surface area contributed by atoms with Crippen LogP contribution in [0, 0.1) is 6.92 Å². The molecular formula is C25H26N2O2. The fourth-order valence-electron chi connectivity index (χ4n) is 3.22. The number of carbonyl (C=O) groups is 2. The molecule has 0 aromatic heterocycles. The Morgan fingerprint density at radius 1 is 0.828 bits per heavy atom. The molecule has 0 unspecified atom stereocenters. The lowest BCUT2D eigenvalue weighted by molar-refractivity contribution is -0.116. The minimum atomic E-state index is -0.193. The number of hydrogen-bond acceptors (Lipinski definition) is 2. The molecule has 0 atom stereocenters. The molecule has 148 valence electrons. The monoisotopic (exact) mass is 386 g/mol. The SMILES string of the molecule is CCCN(CC(=O)Nc1ccccc1C)C(=O)c1ccc(-c2ccccc2)cc1. The summed E-state index contributed by atoms with van der Waals surface area (Å²) in [5, 5.41) is 2.90. The zero-order valence-corrected chi connectivity index (χ0v) is 16.9. The normalized spacial score (nSPS) is 10.4. The van der Waals surface area contributed by atoms with Crippen LogP contribution < -0.4 is 5.32 Å². The van der Waals surface area contributed by atoms with Gasteiger partial charge in [0.15, 0.2) is 0 Å². The van der Waals surface area contributed by atoms with Gasteiger partial charge in [-0.05, 0) is 48.2 Å². The highest BCUT2D eigenvalue weighted by atomic mass is 16.2. The largest absolute Gasteiger partial charge is 0.329 e. The van der Waals surface area contributed by atoms with Crippen molar-refractivity contribution in [3.63, 3.8) is 0 Å². The van der Waals surface area contributed by atoms with Crippen LogP contribution in [-0.2, 0) is 4.79 Å². The summed E-state index contributed by atoms with van der Waals surface area (Å²) >= 11 is 0. The van der Waals surface area contributed by atoms with E-state index >= 15 is 0 Å². The van der Waals surface area contributed by atoms with Gasteiger partial charge in [-0.3, -0.25) is 9.59 Å². The van der Waals surface area contributed by atoms with E-state index < -0.39 is 0 Å². The molecule has 4 nitrogen and oxygen atoms in total. The summed E-state index contributed by atoms with van der Waals surface area (Å²) in [5.74, 6) is -0.326. The molecule has 1 N–H and O–H groups in total. The minimum Gasteiger partial charge on any atom is -0.329 e. The summed E-state index contributed by atoms with van der Waals surface area (Å²) < 4.78 is 0. The molecule has 3 rings (SSSR count). The van der Waals surface area contributed by atoms with E-state index in [2.05, 4.69) is 5.32 Å². The predicted molar refractivity (Wildman–Crippen MR) is 118 cm³/mol. The van der Waals surface area contributed by atoms with E-state index in [1.807, 2.05) is 92.7 Å². The maximum Gasteiger partial charge on any atom is 0.254 e. The van der Waals surface area contributed by atoms with E-state index in [-0.39, 0.29) is 18.4 Å². The lowest BCUT2D eigenvalue weighted by Crippen LogP contribution is -2.38. The predicted octanol–water partition coefficient (Wildman–Crippen LogP) is 5.15. The molecule has 0 bridgehead atoms. The fourth-order valence-corrected chi connectivity index (χ4v) is 3.22. The van der Waals surface area contributed by atoms with Crippen LogP contribution in [0.25, 0.3) is 11.1 Å². The molecule has 0 aliphatic heterocycles. The van der Waals surface area contributed by atoms with Gasteiger partial charge in [0.1, 0.15) is 6.54 Å². The van der Waals surface area contributed by atoms with Gasteiger partial charge in [0.25, 0.3) is 5.91 Å². The lowest BCUT2D eigenvalue weighted by atomic mass is 10.0. The Morgan fingerprint density at radius 2 is 1.45 bits per heavy atom. The van der Waals surface area contributed by atoms with Crippen molar-refractivity contribution in [1.29, 1.82) is 0 Å². The first kappa shape index (κ1) is 20.3. The van der Waals surface area contributed by atoms with E-state index in [4.69, 9.17) is 0 Å². The number of carbonyl (C=O) groups excluding carboxylic acids is 2.